The number of halogens is 1. The van der Waals surface area contributed by atoms with Crippen LogP contribution < -0.4 is 5.73 Å². The molecule has 0 aliphatic heterocycles. The van der Waals surface area contributed by atoms with Gasteiger partial charge in [0, 0.05) is 12.1 Å². The highest BCUT2D eigenvalue weighted by molar-refractivity contribution is 6.28. The molecule has 0 amide bonds. The smallest absolute Gasteiger partial charge is 0.207 e. The van der Waals surface area contributed by atoms with E-state index in [4.69, 9.17) is 17.3 Å². The zero-order valence-electron chi connectivity index (χ0n) is 7.07. The maximum Gasteiger partial charge on any atom is 0.207 e. The number of fused-ring (bicyclic) bond motifs is 1. The fourth-order valence-electron chi connectivity index (χ4n) is 1.42. The largest absolute Gasteiger partial charge is 0.330 e. The van der Waals surface area contributed by atoms with Crippen LogP contribution in [0, 0.1) is 0 Å². The van der Waals surface area contributed by atoms with E-state index in [9.17, 15) is 0 Å². The van der Waals surface area contributed by atoms with Crippen LogP contribution in [0.25, 0.3) is 5.52 Å². The number of imidazole rings is 1. The van der Waals surface area contributed by atoms with Crippen LogP contribution >= 0.6 is 11.6 Å². The predicted octanol–water partition coefficient (Wildman–Crippen LogP) is 1.49. The van der Waals surface area contributed by atoms with E-state index in [-0.39, 0.29) is 0 Å². The van der Waals surface area contributed by atoms with E-state index >= 15 is 0 Å². The average molecular weight is 196 g/mol. The summed E-state index contributed by atoms with van der Waals surface area (Å²) in [5.74, 6) is 0. The highest BCUT2D eigenvalue weighted by atomic mass is 35.5. The first-order valence-electron chi connectivity index (χ1n) is 4.14. The van der Waals surface area contributed by atoms with E-state index in [1.807, 2.05) is 22.6 Å². The van der Waals surface area contributed by atoms with E-state index in [0.29, 0.717) is 11.8 Å². The number of rotatable bonds is 2. The Hall–Kier alpha value is -1.06. The number of pyridine rings is 1. The third-order valence-corrected chi connectivity index (χ3v) is 2.26. The van der Waals surface area contributed by atoms with E-state index in [0.717, 1.165) is 17.6 Å². The molecule has 2 N–H and O–H groups in total. The highest BCUT2D eigenvalue weighted by Crippen LogP contribution is 2.14. The van der Waals surface area contributed by atoms with Gasteiger partial charge in [-0.15, -0.1) is 0 Å². The SMILES string of the molecule is NCCc1cccc2cnc(Cl)n12. The Morgan fingerprint density at radius 3 is 3.08 bits per heavy atom. The Morgan fingerprint density at radius 1 is 1.46 bits per heavy atom. The fourth-order valence-corrected chi connectivity index (χ4v) is 1.67. The number of nitrogens with zero attached hydrogens (tertiary/aromatic N) is 2. The van der Waals surface area contributed by atoms with Gasteiger partial charge in [-0.2, -0.15) is 0 Å². The summed E-state index contributed by atoms with van der Waals surface area (Å²) in [7, 11) is 0. The summed E-state index contributed by atoms with van der Waals surface area (Å²) >= 11 is 5.92. The third-order valence-electron chi connectivity index (χ3n) is 1.99. The maximum absolute atomic E-state index is 5.92. The van der Waals surface area contributed by atoms with Crippen molar-refractivity contribution in [2.75, 3.05) is 6.54 Å². The van der Waals surface area contributed by atoms with Crippen LogP contribution in [0.15, 0.2) is 24.4 Å². The highest BCUT2D eigenvalue weighted by Gasteiger charge is 2.03. The second-order valence-corrected chi connectivity index (χ2v) is 3.18. The second kappa shape index (κ2) is 3.36. The molecule has 68 valence electrons. The minimum Gasteiger partial charge on any atom is -0.330 e. The first kappa shape index (κ1) is 8.53. The predicted molar refractivity (Wildman–Crippen MR) is 53.0 cm³/mol. The molecule has 0 aliphatic rings. The van der Waals surface area contributed by atoms with Crippen LogP contribution in [0.4, 0.5) is 0 Å². The maximum atomic E-state index is 5.92. The van der Waals surface area contributed by atoms with Crippen molar-refractivity contribution in [1.82, 2.24) is 9.38 Å². The van der Waals surface area contributed by atoms with Gasteiger partial charge in [0.25, 0.3) is 0 Å². The molecule has 13 heavy (non-hydrogen) atoms. The monoisotopic (exact) mass is 195 g/mol. The number of hydrogen-bond donors (Lipinski definition) is 1. The number of aromatic nitrogens is 2. The van der Waals surface area contributed by atoms with Crippen LogP contribution in [0.1, 0.15) is 5.69 Å². The lowest BCUT2D eigenvalue weighted by molar-refractivity contribution is 0.893. The van der Waals surface area contributed by atoms with Crippen LogP contribution in [0.3, 0.4) is 0 Å². The van der Waals surface area contributed by atoms with Crippen molar-refractivity contribution in [3.05, 3.63) is 35.4 Å². The first-order chi connectivity index (χ1) is 6.33. The van der Waals surface area contributed by atoms with Crippen molar-refractivity contribution in [1.29, 1.82) is 0 Å². The van der Waals surface area contributed by atoms with Gasteiger partial charge in [0.05, 0.1) is 11.7 Å². The summed E-state index contributed by atoms with van der Waals surface area (Å²) in [5, 5.41) is 0.499. The minimum atomic E-state index is 0.499. The zero-order chi connectivity index (χ0) is 9.26. The first-order valence-corrected chi connectivity index (χ1v) is 4.51. The number of nitrogens with two attached hydrogens (primary N) is 1. The van der Waals surface area contributed by atoms with Crippen LogP contribution in [0.5, 0.6) is 0 Å². The molecule has 3 nitrogen and oxygen atoms in total. The van der Waals surface area contributed by atoms with Crippen LogP contribution in [-0.4, -0.2) is 15.9 Å². The molecule has 0 aliphatic carbocycles. The summed E-state index contributed by atoms with van der Waals surface area (Å²) in [6.45, 7) is 0.619. The molecule has 0 bridgehead atoms. The van der Waals surface area contributed by atoms with Crippen molar-refractivity contribution in [3.8, 4) is 0 Å². The molecular weight excluding hydrogens is 186 g/mol. The van der Waals surface area contributed by atoms with Gasteiger partial charge >= 0.3 is 0 Å². The Morgan fingerprint density at radius 2 is 2.31 bits per heavy atom. The second-order valence-electron chi connectivity index (χ2n) is 2.84. The molecular formula is C9H10ClN3. The lowest BCUT2D eigenvalue weighted by Gasteiger charge is -2.03. The Bertz CT molecular complexity index is 422. The molecule has 0 atom stereocenters. The zero-order valence-corrected chi connectivity index (χ0v) is 7.83. The lowest BCUT2D eigenvalue weighted by atomic mass is 10.2. The molecule has 2 heterocycles. The fraction of sp³-hybridized carbons (Fsp3) is 0.222. The van der Waals surface area contributed by atoms with Gasteiger partial charge in [-0.1, -0.05) is 6.07 Å². The molecule has 2 aromatic heterocycles. The van der Waals surface area contributed by atoms with Crippen molar-refractivity contribution in [2.45, 2.75) is 6.42 Å². The van der Waals surface area contributed by atoms with Gasteiger partial charge in [0.1, 0.15) is 0 Å². The minimum absolute atomic E-state index is 0.499. The molecule has 0 spiro atoms. The normalized spacial score (nSPS) is 10.9. The molecule has 2 aromatic rings. The quantitative estimate of drug-likeness (QED) is 0.789. The van der Waals surface area contributed by atoms with Crippen LogP contribution in [-0.2, 0) is 6.42 Å². The summed E-state index contributed by atoms with van der Waals surface area (Å²) in [6.07, 6.45) is 2.57. The Labute approximate surface area is 81.1 Å². The Kier molecular flexibility index (Phi) is 2.20. The summed E-state index contributed by atoms with van der Waals surface area (Å²) in [4.78, 5) is 4.03. The van der Waals surface area contributed by atoms with E-state index in [2.05, 4.69) is 4.98 Å². The third kappa shape index (κ3) is 1.41. The van der Waals surface area contributed by atoms with E-state index < -0.39 is 0 Å². The summed E-state index contributed by atoms with van der Waals surface area (Å²) in [5.41, 5.74) is 7.60. The summed E-state index contributed by atoms with van der Waals surface area (Å²) in [6, 6.07) is 5.96. The molecule has 0 saturated heterocycles. The standard InChI is InChI=1S/C9H10ClN3/c10-9-12-6-8-3-1-2-7(4-5-11)13(8)9/h1-3,6H,4-5,11H2. The van der Waals surface area contributed by atoms with Crippen molar-refractivity contribution < 1.29 is 0 Å². The van der Waals surface area contributed by atoms with Crippen molar-refractivity contribution in [3.63, 3.8) is 0 Å². The van der Waals surface area contributed by atoms with Gasteiger partial charge in [-0.25, -0.2) is 4.98 Å². The average Bonchev–Trinajstić information content (AvgIpc) is 2.50. The molecule has 0 aromatic carbocycles. The van der Waals surface area contributed by atoms with Crippen molar-refractivity contribution >= 4 is 17.1 Å². The summed E-state index contributed by atoms with van der Waals surface area (Å²) < 4.78 is 1.91. The molecule has 0 unspecified atom stereocenters. The molecule has 0 radical (unpaired) electrons. The molecule has 0 saturated carbocycles. The molecule has 4 heteroatoms. The van der Waals surface area contributed by atoms with Gasteiger partial charge in [0.15, 0.2) is 0 Å². The molecule has 0 fully saturated rings. The Balaban J connectivity index is 2.65. The van der Waals surface area contributed by atoms with Crippen molar-refractivity contribution in [2.24, 2.45) is 5.73 Å². The van der Waals surface area contributed by atoms with E-state index in [1.165, 1.54) is 0 Å². The number of hydrogen-bond acceptors (Lipinski definition) is 2. The van der Waals surface area contributed by atoms with Gasteiger partial charge in [-0.05, 0) is 30.3 Å². The van der Waals surface area contributed by atoms with Gasteiger partial charge < -0.3 is 5.73 Å². The topological polar surface area (TPSA) is 43.3 Å². The van der Waals surface area contributed by atoms with Crippen LogP contribution in [0.2, 0.25) is 5.28 Å². The molecule has 2 rings (SSSR count). The van der Waals surface area contributed by atoms with Gasteiger partial charge in [-0.3, -0.25) is 4.40 Å². The lowest BCUT2D eigenvalue weighted by Crippen LogP contribution is -2.06. The van der Waals surface area contributed by atoms with Gasteiger partial charge in [0.2, 0.25) is 5.28 Å². The van der Waals surface area contributed by atoms with E-state index in [1.54, 1.807) is 6.20 Å².